The second-order valence-electron chi connectivity index (χ2n) is 4.78. The van der Waals surface area contributed by atoms with E-state index in [2.05, 4.69) is 10.2 Å². The molecule has 1 aromatic carbocycles. The Hall–Kier alpha value is -2.21. The van der Waals surface area contributed by atoms with Gasteiger partial charge in [0.1, 0.15) is 6.10 Å². The number of carboxylic acids is 1. The quantitative estimate of drug-likeness (QED) is 0.926. The molecule has 1 aliphatic rings. The van der Waals surface area contributed by atoms with Crippen molar-refractivity contribution in [2.45, 2.75) is 25.5 Å². The maximum absolute atomic E-state index is 10.9. The third-order valence-electron chi connectivity index (χ3n) is 3.59. The second kappa shape index (κ2) is 5.05. The third-order valence-corrected chi connectivity index (χ3v) is 3.59. The number of aromatic carboxylic acids is 1. The zero-order valence-corrected chi connectivity index (χ0v) is 11.1. The summed E-state index contributed by atoms with van der Waals surface area (Å²) in [6.45, 7) is 0.859. The van der Waals surface area contributed by atoms with E-state index in [4.69, 9.17) is 9.84 Å². The fourth-order valence-corrected chi connectivity index (χ4v) is 2.54. The van der Waals surface area contributed by atoms with Gasteiger partial charge < -0.3 is 14.4 Å². The van der Waals surface area contributed by atoms with Crippen molar-refractivity contribution in [3.8, 4) is 11.4 Å². The van der Waals surface area contributed by atoms with E-state index in [-0.39, 0.29) is 11.7 Å². The Morgan fingerprint density at radius 2 is 2.10 bits per heavy atom. The number of carboxylic acid groups (broad SMARTS) is 1. The molecule has 1 N–H and O–H groups in total. The highest BCUT2D eigenvalue weighted by molar-refractivity contribution is 5.88. The average molecular weight is 273 g/mol. The minimum absolute atomic E-state index is 0.0108. The molecule has 6 nitrogen and oxygen atoms in total. The molecule has 1 aromatic heterocycles. The van der Waals surface area contributed by atoms with Crippen molar-refractivity contribution in [2.75, 3.05) is 7.11 Å². The molecule has 2 aromatic rings. The van der Waals surface area contributed by atoms with Crippen LogP contribution in [0.2, 0.25) is 0 Å². The molecular weight excluding hydrogens is 258 g/mol. The Labute approximate surface area is 116 Å². The molecule has 0 radical (unpaired) electrons. The smallest absolute Gasteiger partial charge is 0.335 e. The van der Waals surface area contributed by atoms with Gasteiger partial charge >= 0.3 is 5.97 Å². The zero-order valence-electron chi connectivity index (χ0n) is 11.1. The van der Waals surface area contributed by atoms with Crippen molar-refractivity contribution in [1.82, 2.24) is 14.8 Å². The molecule has 20 heavy (non-hydrogen) atoms. The number of aromatic nitrogens is 3. The summed E-state index contributed by atoms with van der Waals surface area (Å²) in [6, 6.07) is 6.68. The zero-order chi connectivity index (χ0) is 14.1. The number of carbonyl (C=O) groups is 1. The largest absolute Gasteiger partial charge is 0.478 e. The molecule has 0 saturated heterocycles. The van der Waals surface area contributed by atoms with Crippen LogP contribution in [0.5, 0.6) is 0 Å². The molecule has 0 amide bonds. The summed E-state index contributed by atoms with van der Waals surface area (Å²) in [4.78, 5) is 10.9. The van der Waals surface area contributed by atoms with Gasteiger partial charge in [-0.15, -0.1) is 10.2 Å². The molecule has 1 atom stereocenters. The Morgan fingerprint density at radius 3 is 2.75 bits per heavy atom. The summed E-state index contributed by atoms with van der Waals surface area (Å²) in [5.41, 5.74) is 1.13. The molecule has 0 fully saturated rings. The molecule has 3 rings (SSSR count). The SMILES string of the molecule is COC1CCCn2c(-c3ccc(C(=O)O)cc3)nnc21. The second-order valence-corrected chi connectivity index (χ2v) is 4.78. The summed E-state index contributed by atoms with van der Waals surface area (Å²) in [5.74, 6) is 0.675. The van der Waals surface area contributed by atoms with Crippen molar-refractivity contribution in [3.63, 3.8) is 0 Å². The Morgan fingerprint density at radius 1 is 1.35 bits per heavy atom. The molecule has 6 heteroatoms. The third kappa shape index (κ3) is 2.08. The first-order chi connectivity index (χ1) is 9.70. The molecular formula is C14H15N3O3. The lowest BCUT2D eigenvalue weighted by atomic mass is 10.1. The van der Waals surface area contributed by atoms with E-state index in [1.165, 1.54) is 0 Å². The lowest BCUT2D eigenvalue weighted by Crippen LogP contribution is -2.18. The monoisotopic (exact) mass is 273 g/mol. The van der Waals surface area contributed by atoms with E-state index in [0.29, 0.717) is 0 Å². The van der Waals surface area contributed by atoms with E-state index < -0.39 is 5.97 Å². The minimum Gasteiger partial charge on any atom is -0.478 e. The highest BCUT2D eigenvalue weighted by Crippen LogP contribution is 2.30. The standard InChI is InChI=1S/C14H15N3O3/c1-20-11-3-2-8-17-12(15-16-13(11)17)9-4-6-10(7-5-9)14(18)19/h4-7,11H,2-3,8H2,1H3,(H,18,19). The molecule has 0 saturated carbocycles. The normalized spacial score (nSPS) is 17.8. The fraction of sp³-hybridized carbons (Fsp3) is 0.357. The van der Waals surface area contributed by atoms with Crippen molar-refractivity contribution in [1.29, 1.82) is 0 Å². The van der Waals surface area contributed by atoms with Crippen LogP contribution in [-0.2, 0) is 11.3 Å². The number of methoxy groups -OCH3 is 1. The van der Waals surface area contributed by atoms with Gasteiger partial charge in [0.25, 0.3) is 0 Å². The maximum atomic E-state index is 10.9. The Balaban J connectivity index is 1.99. The van der Waals surface area contributed by atoms with Gasteiger partial charge in [-0.2, -0.15) is 0 Å². The summed E-state index contributed by atoms with van der Waals surface area (Å²) in [6.07, 6.45) is 1.96. The number of nitrogens with zero attached hydrogens (tertiary/aromatic N) is 3. The summed E-state index contributed by atoms with van der Waals surface area (Å²) < 4.78 is 7.47. The van der Waals surface area contributed by atoms with Crippen LogP contribution in [0, 0.1) is 0 Å². The highest BCUT2D eigenvalue weighted by atomic mass is 16.5. The van der Waals surface area contributed by atoms with Gasteiger partial charge in [0.05, 0.1) is 5.56 Å². The van der Waals surface area contributed by atoms with Crippen LogP contribution in [0.3, 0.4) is 0 Å². The summed E-state index contributed by atoms with van der Waals surface area (Å²) in [5, 5.41) is 17.4. The van der Waals surface area contributed by atoms with Gasteiger partial charge in [0, 0.05) is 19.2 Å². The van der Waals surface area contributed by atoms with E-state index in [1.54, 1.807) is 31.4 Å². The molecule has 1 unspecified atom stereocenters. The van der Waals surface area contributed by atoms with E-state index in [0.717, 1.165) is 36.6 Å². The van der Waals surface area contributed by atoms with Crippen molar-refractivity contribution >= 4 is 5.97 Å². The highest BCUT2D eigenvalue weighted by Gasteiger charge is 2.25. The van der Waals surface area contributed by atoms with Gasteiger partial charge in [0.15, 0.2) is 11.6 Å². The van der Waals surface area contributed by atoms with Crippen LogP contribution < -0.4 is 0 Å². The Kier molecular flexibility index (Phi) is 3.23. The van der Waals surface area contributed by atoms with Crippen LogP contribution in [0.1, 0.15) is 35.1 Å². The number of rotatable bonds is 3. The first-order valence-corrected chi connectivity index (χ1v) is 6.50. The van der Waals surface area contributed by atoms with Crippen LogP contribution >= 0.6 is 0 Å². The van der Waals surface area contributed by atoms with Crippen molar-refractivity contribution in [2.24, 2.45) is 0 Å². The molecule has 0 aliphatic carbocycles. The number of benzene rings is 1. The maximum Gasteiger partial charge on any atom is 0.335 e. The number of fused-ring (bicyclic) bond motifs is 1. The van der Waals surface area contributed by atoms with Crippen LogP contribution in [0.15, 0.2) is 24.3 Å². The van der Waals surface area contributed by atoms with Crippen LogP contribution in [-0.4, -0.2) is 33.0 Å². The molecule has 0 bridgehead atoms. The first kappa shape index (κ1) is 12.8. The van der Waals surface area contributed by atoms with Gasteiger partial charge in [-0.25, -0.2) is 4.79 Å². The van der Waals surface area contributed by atoms with E-state index >= 15 is 0 Å². The van der Waals surface area contributed by atoms with Crippen LogP contribution in [0.4, 0.5) is 0 Å². The summed E-state index contributed by atoms with van der Waals surface area (Å²) in [7, 11) is 1.68. The predicted molar refractivity (Wildman–Crippen MR) is 71.4 cm³/mol. The number of ether oxygens (including phenoxy) is 1. The molecule has 1 aliphatic heterocycles. The van der Waals surface area contributed by atoms with E-state index in [1.807, 2.05) is 4.57 Å². The van der Waals surface area contributed by atoms with Gasteiger partial charge in [-0.1, -0.05) is 12.1 Å². The average Bonchev–Trinajstić information content (AvgIpc) is 2.91. The number of hydrogen-bond acceptors (Lipinski definition) is 4. The van der Waals surface area contributed by atoms with Crippen LogP contribution in [0.25, 0.3) is 11.4 Å². The van der Waals surface area contributed by atoms with Crippen molar-refractivity contribution < 1.29 is 14.6 Å². The first-order valence-electron chi connectivity index (χ1n) is 6.50. The minimum atomic E-state index is -0.931. The number of hydrogen-bond donors (Lipinski definition) is 1. The van der Waals surface area contributed by atoms with Gasteiger partial charge in [-0.3, -0.25) is 0 Å². The van der Waals surface area contributed by atoms with E-state index in [9.17, 15) is 4.79 Å². The predicted octanol–water partition coefficient (Wildman–Crippen LogP) is 2.12. The van der Waals surface area contributed by atoms with Gasteiger partial charge in [-0.05, 0) is 25.0 Å². The lowest BCUT2D eigenvalue weighted by Gasteiger charge is -2.22. The fourth-order valence-electron chi connectivity index (χ4n) is 2.54. The topological polar surface area (TPSA) is 77.2 Å². The Bertz CT molecular complexity index is 634. The summed E-state index contributed by atoms with van der Waals surface area (Å²) >= 11 is 0. The molecule has 104 valence electrons. The van der Waals surface area contributed by atoms with Crippen molar-refractivity contribution in [3.05, 3.63) is 35.7 Å². The molecule has 2 heterocycles. The lowest BCUT2D eigenvalue weighted by molar-refractivity contribution is 0.0697. The molecule has 0 spiro atoms. The van der Waals surface area contributed by atoms with Gasteiger partial charge in [0.2, 0.25) is 0 Å².